The largest absolute Gasteiger partial charge is 0.372 e. The molecule has 0 bridgehead atoms. The molecule has 1 aliphatic heterocycles. The van der Waals surface area contributed by atoms with Gasteiger partial charge in [0.2, 0.25) is 0 Å². The molecule has 25 heavy (non-hydrogen) atoms. The van der Waals surface area contributed by atoms with Crippen LogP contribution < -0.4 is 15.5 Å². The van der Waals surface area contributed by atoms with Crippen LogP contribution >= 0.6 is 0 Å². The Bertz CT molecular complexity index is 533. The van der Waals surface area contributed by atoms with Gasteiger partial charge in [-0.1, -0.05) is 19.9 Å². The van der Waals surface area contributed by atoms with Crippen LogP contribution in [0.25, 0.3) is 0 Å². The van der Waals surface area contributed by atoms with Crippen molar-refractivity contribution in [2.75, 3.05) is 31.6 Å². The lowest BCUT2D eigenvalue weighted by Gasteiger charge is -2.36. The van der Waals surface area contributed by atoms with Gasteiger partial charge in [-0.2, -0.15) is 0 Å². The number of aromatic nitrogens is 1. The van der Waals surface area contributed by atoms with Crippen LogP contribution in [0, 0.1) is 5.92 Å². The third-order valence-electron chi connectivity index (χ3n) is 4.25. The molecule has 0 aliphatic carbocycles. The smallest absolute Gasteiger partial charge is 0.191 e. The zero-order chi connectivity index (χ0) is 18.2. The fourth-order valence-electron chi connectivity index (χ4n) is 2.96. The second-order valence-corrected chi connectivity index (χ2v) is 7.22. The van der Waals surface area contributed by atoms with Gasteiger partial charge in [0.15, 0.2) is 5.96 Å². The molecule has 140 valence electrons. The van der Waals surface area contributed by atoms with E-state index in [1.807, 2.05) is 6.20 Å². The van der Waals surface area contributed by atoms with Gasteiger partial charge in [-0.15, -0.1) is 0 Å². The first-order chi connectivity index (χ1) is 12.0. The molecule has 2 N–H and O–H groups in total. The van der Waals surface area contributed by atoms with Crippen molar-refractivity contribution in [1.82, 2.24) is 15.6 Å². The average molecular weight is 348 g/mol. The maximum atomic E-state index is 5.79. The van der Waals surface area contributed by atoms with Crippen molar-refractivity contribution in [2.24, 2.45) is 10.9 Å². The maximum Gasteiger partial charge on any atom is 0.191 e. The number of nitrogens with one attached hydrogen (secondary N) is 2. The Kier molecular flexibility index (Phi) is 7.50. The first-order valence-corrected chi connectivity index (χ1v) is 9.27. The lowest BCUT2D eigenvalue weighted by molar-refractivity contribution is -0.00545. The quantitative estimate of drug-likeness (QED) is 0.611. The van der Waals surface area contributed by atoms with E-state index in [0.717, 1.165) is 43.4 Å². The minimum absolute atomic E-state index is 0.243. The van der Waals surface area contributed by atoms with Crippen LogP contribution in [-0.4, -0.2) is 49.8 Å². The summed E-state index contributed by atoms with van der Waals surface area (Å²) in [6.07, 6.45) is 3.56. The van der Waals surface area contributed by atoms with Crippen molar-refractivity contribution in [1.29, 1.82) is 0 Å². The molecule has 0 spiro atoms. The number of rotatable bonds is 6. The molecule has 2 rings (SSSR count). The molecule has 1 aromatic heterocycles. The number of nitrogens with zero attached hydrogens (tertiary/aromatic N) is 3. The molecule has 0 aromatic carbocycles. The summed E-state index contributed by atoms with van der Waals surface area (Å²) < 4.78 is 5.79. The summed E-state index contributed by atoms with van der Waals surface area (Å²) in [4.78, 5) is 11.2. The van der Waals surface area contributed by atoms with E-state index in [1.165, 1.54) is 0 Å². The molecule has 2 unspecified atom stereocenters. The minimum atomic E-state index is 0.243. The highest BCUT2D eigenvalue weighted by Gasteiger charge is 2.22. The molecule has 0 amide bonds. The summed E-state index contributed by atoms with van der Waals surface area (Å²) in [5.41, 5.74) is 1.14. The van der Waals surface area contributed by atoms with E-state index < -0.39 is 0 Å². The molecule has 2 heterocycles. The molecule has 0 saturated carbocycles. The molecule has 1 aromatic rings. The summed E-state index contributed by atoms with van der Waals surface area (Å²) in [6, 6.07) is 4.22. The number of aliphatic imine (C=N–C) groups is 1. The van der Waals surface area contributed by atoms with Crippen LogP contribution in [0.1, 0.15) is 39.7 Å². The van der Waals surface area contributed by atoms with Gasteiger partial charge >= 0.3 is 0 Å². The van der Waals surface area contributed by atoms with Crippen molar-refractivity contribution >= 4 is 11.8 Å². The fourth-order valence-corrected chi connectivity index (χ4v) is 2.96. The van der Waals surface area contributed by atoms with E-state index >= 15 is 0 Å². The number of ether oxygens (including phenoxy) is 1. The van der Waals surface area contributed by atoms with Crippen molar-refractivity contribution in [2.45, 2.75) is 52.9 Å². The maximum absolute atomic E-state index is 5.79. The number of guanidine groups is 1. The number of morpholine rings is 1. The molecule has 2 atom stereocenters. The van der Waals surface area contributed by atoms with E-state index in [0.29, 0.717) is 12.5 Å². The highest BCUT2D eigenvalue weighted by Crippen LogP contribution is 2.18. The first-order valence-electron chi connectivity index (χ1n) is 9.27. The van der Waals surface area contributed by atoms with Crippen LogP contribution in [0.4, 0.5) is 5.82 Å². The summed E-state index contributed by atoms with van der Waals surface area (Å²) in [7, 11) is 1.80. The predicted molar refractivity (Wildman–Crippen MR) is 104 cm³/mol. The first kappa shape index (κ1) is 19.5. The van der Waals surface area contributed by atoms with E-state index in [4.69, 9.17) is 4.74 Å². The van der Waals surface area contributed by atoms with Gasteiger partial charge in [-0.05, 0) is 37.8 Å². The summed E-state index contributed by atoms with van der Waals surface area (Å²) in [5, 5.41) is 6.68. The Hall–Kier alpha value is -1.82. The van der Waals surface area contributed by atoms with Crippen molar-refractivity contribution < 1.29 is 4.74 Å². The third kappa shape index (κ3) is 6.53. The molecule has 6 heteroatoms. The van der Waals surface area contributed by atoms with Gasteiger partial charge in [0.25, 0.3) is 0 Å². The molecular formula is C19H33N5O. The number of hydrogen-bond donors (Lipinski definition) is 2. The number of anilines is 1. The number of hydrogen-bond acceptors (Lipinski definition) is 4. The van der Waals surface area contributed by atoms with Gasteiger partial charge in [0.05, 0.1) is 12.2 Å². The van der Waals surface area contributed by atoms with E-state index in [1.54, 1.807) is 7.05 Å². The Morgan fingerprint density at radius 1 is 1.28 bits per heavy atom. The van der Waals surface area contributed by atoms with Gasteiger partial charge in [0.1, 0.15) is 5.82 Å². The van der Waals surface area contributed by atoms with E-state index in [9.17, 15) is 0 Å². The van der Waals surface area contributed by atoms with Crippen molar-refractivity contribution in [3.8, 4) is 0 Å². The summed E-state index contributed by atoms with van der Waals surface area (Å²) in [5.74, 6) is 2.54. The molecule has 0 radical (unpaired) electrons. The molecule has 6 nitrogen and oxygen atoms in total. The Balaban J connectivity index is 1.83. The highest BCUT2D eigenvalue weighted by atomic mass is 16.5. The van der Waals surface area contributed by atoms with E-state index in [-0.39, 0.29) is 12.2 Å². The Morgan fingerprint density at radius 3 is 2.56 bits per heavy atom. The Morgan fingerprint density at radius 2 is 2.00 bits per heavy atom. The van der Waals surface area contributed by atoms with E-state index in [2.05, 4.69) is 65.3 Å². The number of pyridine rings is 1. The molecule has 1 aliphatic rings. The van der Waals surface area contributed by atoms with Gasteiger partial charge in [-0.3, -0.25) is 4.99 Å². The molecule has 1 saturated heterocycles. The fraction of sp³-hybridized carbons (Fsp3) is 0.684. The zero-order valence-electron chi connectivity index (χ0n) is 16.2. The average Bonchev–Trinajstić information content (AvgIpc) is 2.57. The molecule has 1 fully saturated rings. The Labute approximate surface area is 152 Å². The third-order valence-corrected chi connectivity index (χ3v) is 4.25. The second-order valence-electron chi connectivity index (χ2n) is 7.22. The zero-order valence-corrected chi connectivity index (χ0v) is 16.2. The SMILES string of the molecule is CN=C(NCCC(C)C)NCc1ccc(N2CC(C)OC(C)C2)nc1. The summed E-state index contributed by atoms with van der Waals surface area (Å²) >= 11 is 0. The van der Waals surface area contributed by atoms with Gasteiger partial charge < -0.3 is 20.3 Å². The summed E-state index contributed by atoms with van der Waals surface area (Å²) in [6.45, 7) is 12.1. The van der Waals surface area contributed by atoms with Crippen LogP contribution in [-0.2, 0) is 11.3 Å². The lowest BCUT2D eigenvalue weighted by Crippen LogP contribution is -2.45. The standard InChI is InChI=1S/C19H33N5O/c1-14(2)8-9-21-19(20-5)23-11-17-6-7-18(22-10-17)24-12-15(3)25-16(4)13-24/h6-7,10,14-16H,8-9,11-13H2,1-5H3,(H2,20,21,23). The van der Waals surface area contributed by atoms with Crippen LogP contribution in [0.5, 0.6) is 0 Å². The minimum Gasteiger partial charge on any atom is -0.372 e. The van der Waals surface area contributed by atoms with Gasteiger partial charge in [0, 0.05) is 39.4 Å². The predicted octanol–water partition coefficient (Wildman–Crippen LogP) is 2.41. The monoisotopic (exact) mass is 347 g/mol. The van der Waals surface area contributed by atoms with Crippen LogP contribution in [0.2, 0.25) is 0 Å². The van der Waals surface area contributed by atoms with Crippen molar-refractivity contribution in [3.63, 3.8) is 0 Å². The molecular weight excluding hydrogens is 314 g/mol. The highest BCUT2D eigenvalue weighted by molar-refractivity contribution is 5.79. The van der Waals surface area contributed by atoms with Crippen LogP contribution in [0.3, 0.4) is 0 Å². The second kappa shape index (κ2) is 9.61. The van der Waals surface area contributed by atoms with Crippen LogP contribution in [0.15, 0.2) is 23.3 Å². The lowest BCUT2D eigenvalue weighted by atomic mass is 10.1. The normalized spacial score (nSPS) is 21.5. The van der Waals surface area contributed by atoms with Crippen molar-refractivity contribution in [3.05, 3.63) is 23.9 Å². The van der Waals surface area contributed by atoms with Gasteiger partial charge in [-0.25, -0.2) is 4.98 Å². The topological polar surface area (TPSA) is 61.8 Å².